The fourth-order valence-corrected chi connectivity index (χ4v) is 3.68. The normalized spacial score (nSPS) is 15.3. The van der Waals surface area contributed by atoms with E-state index in [2.05, 4.69) is 15.6 Å². The molecule has 2 aromatic rings. The molecule has 1 aliphatic heterocycles. The van der Waals surface area contributed by atoms with Gasteiger partial charge in [-0.05, 0) is 30.4 Å². The SMILES string of the molecule is CC(C)CC(NC(=O)C(NC(=O)N1CCn2c1nc1ccccc12)C(C)C)C(=O)O. The highest BCUT2D eigenvalue weighted by Gasteiger charge is 2.33. The van der Waals surface area contributed by atoms with E-state index < -0.39 is 30.0 Å². The monoisotopic (exact) mass is 415 g/mol. The van der Waals surface area contributed by atoms with E-state index in [1.807, 2.05) is 56.5 Å². The minimum atomic E-state index is -1.08. The third-order valence-corrected chi connectivity index (χ3v) is 5.22. The van der Waals surface area contributed by atoms with Crippen molar-refractivity contribution in [2.75, 3.05) is 11.4 Å². The van der Waals surface area contributed by atoms with Crippen molar-refractivity contribution in [3.63, 3.8) is 0 Å². The standard InChI is InChI=1S/C21H29N5O4/c1-12(2)11-15(19(28)29)22-18(27)17(13(3)4)24-21(30)26-10-9-25-16-8-6-5-7-14(16)23-20(25)26/h5-8,12-13,15,17H,9-11H2,1-4H3,(H,22,27)(H,24,30)(H,28,29). The lowest BCUT2D eigenvalue weighted by Gasteiger charge is -2.26. The van der Waals surface area contributed by atoms with Crippen LogP contribution in [-0.2, 0) is 16.1 Å². The second-order valence-electron chi connectivity index (χ2n) is 8.40. The number of imidazole rings is 1. The first-order valence-electron chi connectivity index (χ1n) is 10.3. The third-order valence-electron chi connectivity index (χ3n) is 5.22. The van der Waals surface area contributed by atoms with Crippen LogP contribution in [0.25, 0.3) is 11.0 Å². The van der Waals surface area contributed by atoms with Crippen LogP contribution in [0.5, 0.6) is 0 Å². The number of carboxylic acids is 1. The first-order chi connectivity index (χ1) is 14.2. The van der Waals surface area contributed by atoms with Gasteiger partial charge in [-0.3, -0.25) is 9.69 Å². The Morgan fingerprint density at radius 1 is 1.10 bits per heavy atom. The van der Waals surface area contributed by atoms with Crippen LogP contribution < -0.4 is 15.5 Å². The molecule has 2 heterocycles. The molecule has 1 aliphatic rings. The number of anilines is 1. The second kappa shape index (κ2) is 8.73. The molecule has 9 nitrogen and oxygen atoms in total. The van der Waals surface area contributed by atoms with Gasteiger partial charge in [-0.2, -0.15) is 0 Å². The third kappa shape index (κ3) is 4.39. The summed E-state index contributed by atoms with van der Waals surface area (Å²) >= 11 is 0. The molecule has 162 valence electrons. The number of benzene rings is 1. The van der Waals surface area contributed by atoms with Crippen LogP contribution in [0.4, 0.5) is 10.7 Å². The molecule has 0 aliphatic carbocycles. The number of amides is 3. The van der Waals surface area contributed by atoms with Gasteiger partial charge in [-0.15, -0.1) is 0 Å². The molecule has 0 radical (unpaired) electrons. The van der Waals surface area contributed by atoms with E-state index in [9.17, 15) is 19.5 Å². The van der Waals surface area contributed by atoms with Crippen molar-refractivity contribution >= 4 is 34.9 Å². The maximum Gasteiger partial charge on any atom is 0.326 e. The van der Waals surface area contributed by atoms with Crippen LogP contribution in [0.1, 0.15) is 34.1 Å². The lowest BCUT2D eigenvalue weighted by atomic mass is 10.0. The summed E-state index contributed by atoms with van der Waals surface area (Å²) in [4.78, 5) is 43.3. The van der Waals surface area contributed by atoms with E-state index in [0.717, 1.165) is 11.0 Å². The number of urea groups is 1. The first-order valence-corrected chi connectivity index (χ1v) is 10.3. The molecular formula is C21H29N5O4. The van der Waals surface area contributed by atoms with E-state index in [1.165, 1.54) is 4.90 Å². The van der Waals surface area contributed by atoms with E-state index in [-0.39, 0.29) is 11.8 Å². The van der Waals surface area contributed by atoms with Gasteiger partial charge in [0, 0.05) is 13.1 Å². The summed E-state index contributed by atoms with van der Waals surface area (Å²) in [5, 5.41) is 14.7. The molecule has 2 atom stereocenters. The number of nitrogens with zero attached hydrogens (tertiary/aromatic N) is 3. The fraction of sp³-hybridized carbons (Fsp3) is 0.524. The molecule has 2 unspecified atom stereocenters. The van der Waals surface area contributed by atoms with Crippen molar-refractivity contribution < 1.29 is 19.5 Å². The summed E-state index contributed by atoms with van der Waals surface area (Å²) < 4.78 is 1.97. The number of fused-ring (bicyclic) bond motifs is 3. The highest BCUT2D eigenvalue weighted by molar-refractivity contribution is 5.97. The maximum atomic E-state index is 13.0. The van der Waals surface area contributed by atoms with Crippen molar-refractivity contribution in [2.45, 2.75) is 52.7 Å². The Morgan fingerprint density at radius 2 is 1.80 bits per heavy atom. The van der Waals surface area contributed by atoms with Crippen molar-refractivity contribution in [1.29, 1.82) is 0 Å². The predicted molar refractivity (Wildman–Crippen MR) is 113 cm³/mol. The highest BCUT2D eigenvalue weighted by atomic mass is 16.4. The molecule has 0 saturated heterocycles. The van der Waals surface area contributed by atoms with Crippen LogP contribution in [-0.4, -0.2) is 51.2 Å². The minimum Gasteiger partial charge on any atom is -0.480 e. The van der Waals surface area contributed by atoms with Crippen LogP contribution in [0, 0.1) is 11.8 Å². The van der Waals surface area contributed by atoms with Gasteiger partial charge in [-0.1, -0.05) is 39.8 Å². The second-order valence-corrected chi connectivity index (χ2v) is 8.40. The summed E-state index contributed by atoms with van der Waals surface area (Å²) in [7, 11) is 0. The molecule has 0 saturated carbocycles. The Balaban J connectivity index is 1.74. The largest absolute Gasteiger partial charge is 0.480 e. The van der Waals surface area contributed by atoms with Crippen molar-refractivity contribution in [3.05, 3.63) is 24.3 Å². The van der Waals surface area contributed by atoms with Gasteiger partial charge in [0.25, 0.3) is 0 Å². The van der Waals surface area contributed by atoms with Crippen LogP contribution >= 0.6 is 0 Å². The number of para-hydroxylation sites is 2. The van der Waals surface area contributed by atoms with Gasteiger partial charge < -0.3 is 20.3 Å². The Morgan fingerprint density at radius 3 is 2.43 bits per heavy atom. The van der Waals surface area contributed by atoms with E-state index in [1.54, 1.807) is 0 Å². The predicted octanol–water partition coefficient (Wildman–Crippen LogP) is 2.21. The summed E-state index contributed by atoms with van der Waals surface area (Å²) in [5.41, 5.74) is 1.76. The average Bonchev–Trinajstić information content (AvgIpc) is 3.23. The number of carbonyl (C=O) groups excluding carboxylic acids is 2. The summed E-state index contributed by atoms with van der Waals surface area (Å²) in [5.74, 6) is -1.15. The minimum absolute atomic E-state index is 0.107. The molecule has 1 aromatic carbocycles. The number of aliphatic carboxylic acids is 1. The highest BCUT2D eigenvalue weighted by Crippen LogP contribution is 2.27. The van der Waals surface area contributed by atoms with Crippen molar-refractivity contribution in [1.82, 2.24) is 20.2 Å². The topological polar surface area (TPSA) is 117 Å². The molecule has 3 amide bonds. The quantitative estimate of drug-likeness (QED) is 0.641. The first kappa shape index (κ1) is 21.6. The van der Waals surface area contributed by atoms with Gasteiger partial charge in [0.15, 0.2) is 0 Å². The van der Waals surface area contributed by atoms with E-state index in [4.69, 9.17) is 0 Å². The molecule has 30 heavy (non-hydrogen) atoms. The summed E-state index contributed by atoms with van der Waals surface area (Å²) in [6.45, 7) is 8.48. The number of hydrogen-bond donors (Lipinski definition) is 3. The fourth-order valence-electron chi connectivity index (χ4n) is 3.68. The Hall–Kier alpha value is -3.10. The number of carboxylic acid groups (broad SMARTS) is 1. The average molecular weight is 415 g/mol. The number of aromatic nitrogens is 2. The molecular weight excluding hydrogens is 386 g/mol. The van der Waals surface area contributed by atoms with Gasteiger partial charge in [0.2, 0.25) is 11.9 Å². The molecule has 0 bridgehead atoms. The molecule has 1 aromatic heterocycles. The Kier molecular flexibility index (Phi) is 6.28. The lowest BCUT2D eigenvalue weighted by Crippen LogP contribution is -2.56. The summed E-state index contributed by atoms with van der Waals surface area (Å²) in [6.07, 6.45) is 0.315. The zero-order valence-electron chi connectivity index (χ0n) is 17.8. The van der Waals surface area contributed by atoms with Gasteiger partial charge in [0.05, 0.1) is 11.0 Å². The van der Waals surface area contributed by atoms with Gasteiger partial charge >= 0.3 is 12.0 Å². The van der Waals surface area contributed by atoms with Gasteiger partial charge in [-0.25, -0.2) is 14.6 Å². The smallest absolute Gasteiger partial charge is 0.326 e. The zero-order valence-corrected chi connectivity index (χ0v) is 17.8. The number of carbonyl (C=O) groups is 3. The lowest BCUT2D eigenvalue weighted by molar-refractivity contribution is -0.142. The van der Waals surface area contributed by atoms with E-state index >= 15 is 0 Å². The van der Waals surface area contributed by atoms with Crippen LogP contribution in [0.15, 0.2) is 24.3 Å². The number of nitrogens with one attached hydrogen (secondary N) is 2. The molecule has 0 spiro atoms. The van der Waals surface area contributed by atoms with Gasteiger partial charge in [0.1, 0.15) is 12.1 Å². The molecule has 0 fully saturated rings. The van der Waals surface area contributed by atoms with Crippen LogP contribution in [0.2, 0.25) is 0 Å². The Bertz CT molecular complexity index is 952. The number of hydrogen-bond acceptors (Lipinski definition) is 4. The van der Waals surface area contributed by atoms with Crippen molar-refractivity contribution in [3.8, 4) is 0 Å². The van der Waals surface area contributed by atoms with E-state index in [0.29, 0.717) is 25.5 Å². The molecule has 3 N–H and O–H groups in total. The molecule has 9 heteroatoms. The van der Waals surface area contributed by atoms with Crippen molar-refractivity contribution in [2.24, 2.45) is 11.8 Å². The zero-order chi connectivity index (χ0) is 22.0. The van der Waals surface area contributed by atoms with Crippen LogP contribution in [0.3, 0.4) is 0 Å². The maximum absolute atomic E-state index is 13.0. The summed E-state index contributed by atoms with van der Waals surface area (Å²) in [6, 6.07) is 5.39. The number of rotatable bonds is 7. The Labute approximate surface area is 175 Å². The molecule has 3 rings (SSSR count).